The molecule has 0 atom stereocenters. The maximum atomic E-state index is 9.84. The highest BCUT2D eigenvalue weighted by Crippen LogP contribution is 2.36. The fraction of sp³-hybridized carbons (Fsp3) is 0.471. The van der Waals surface area contributed by atoms with Gasteiger partial charge < -0.3 is 20.4 Å². The van der Waals surface area contributed by atoms with Crippen LogP contribution < -0.4 is 0 Å². The Morgan fingerprint density at radius 1 is 0.421 bits per heavy atom. The fourth-order valence-electron chi connectivity index (χ4n) is 3.70. The molecule has 0 spiro atoms. The molecule has 4 nitrogen and oxygen atoms in total. The van der Waals surface area contributed by atoms with Crippen molar-refractivity contribution in [1.82, 2.24) is 0 Å². The zero-order chi connectivity index (χ0) is 29.7. The van der Waals surface area contributed by atoms with Crippen molar-refractivity contribution in [3.8, 4) is 23.0 Å². The van der Waals surface area contributed by atoms with Crippen molar-refractivity contribution in [2.24, 2.45) is 0 Å². The van der Waals surface area contributed by atoms with Crippen LogP contribution in [0.2, 0.25) is 0 Å². The normalized spacial score (nSPS) is 12.1. The second-order valence-electron chi connectivity index (χ2n) is 14.0. The highest BCUT2D eigenvalue weighted by atomic mass is 16.3. The van der Waals surface area contributed by atoms with Crippen molar-refractivity contribution in [2.75, 3.05) is 0 Å². The molecule has 0 bridgehead atoms. The summed E-state index contributed by atoms with van der Waals surface area (Å²) in [5.74, 6) is 0.668. The summed E-state index contributed by atoms with van der Waals surface area (Å²) < 4.78 is 0. The Bertz CT molecular complexity index is 1160. The highest BCUT2D eigenvalue weighted by molar-refractivity contribution is 5.47. The Morgan fingerprint density at radius 3 is 1.26 bits per heavy atom. The van der Waals surface area contributed by atoms with Crippen molar-refractivity contribution < 1.29 is 20.4 Å². The summed E-state index contributed by atoms with van der Waals surface area (Å²) in [5, 5.41) is 37.6. The summed E-state index contributed by atoms with van der Waals surface area (Å²) in [7, 11) is 0. The number of benzene rings is 3. The first kappa shape index (κ1) is 32.9. The standard InChI is InChI=1S/C14H22O.C10H14O2.C10H14O/c1-13(2,3)10-7-8-12(15)11(9-10)14(4,5)6;1-10(2,3)7-5-4-6-8(11)9(7)12;1-10(2,3)8-4-6-9(11)7-5-8/h7-9,15H,1-6H3;4-6,11-12H,1-3H3;4-7,11H,1-3H3. The molecule has 0 saturated heterocycles. The zero-order valence-corrected chi connectivity index (χ0v) is 25.6. The Hall–Kier alpha value is -3.14. The van der Waals surface area contributed by atoms with Crippen LogP contribution >= 0.6 is 0 Å². The minimum absolute atomic E-state index is 0.00859. The Kier molecular flexibility index (Phi) is 10.5. The van der Waals surface area contributed by atoms with Gasteiger partial charge in [0.05, 0.1) is 0 Å². The van der Waals surface area contributed by atoms with Crippen molar-refractivity contribution >= 4 is 0 Å². The van der Waals surface area contributed by atoms with Crippen molar-refractivity contribution in [3.05, 3.63) is 82.9 Å². The highest BCUT2D eigenvalue weighted by Gasteiger charge is 2.22. The molecule has 0 aliphatic rings. The summed E-state index contributed by atoms with van der Waals surface area (Å²) in [5.41, 5.74) is 4.47. The van der Waals surface area contributed by atoms with E-state index >= 15 is 0 Å². The van der Waals surface area contributed by atoms with Crippen molar-refractivity contribution in [1.29, 1.82) is 0 Å². The lowest BCUT2D eigenvalue weighted by Gasteiger charge is -2.25. The summed E-state index contributed by atoms with van der Waals surface area (Å²) in [6.07, 6.45) is 0. The van der Waals surface area contributed by atoms with Crippen LogP contribution in [0, 0.1) is 0 Å². The molecule has 0 saturated carbocycles. The molecule has 0 radical (unpaired) electrons. The maximum Gasteiger partial charge on any atom is 0.161 e. The van der Waals surface area contributed by atoms with Crippen LogP contribution in [0.5, 0.6) is 23.0 Å². The zero-order valence-electron chi connectivity index (χ0n) is 25.6. The third-order valence-corrected chi connectivity index (χ3v) is 6.23. The number of para-hydroxylation sites is 1. The van der Waals surface area contributed by atoms with Crippen LogP contribution in [0.25, 0.3) is 0 Å². The van der Waals surface area contributed by atoms with Crippen LogP contribution in [0.4, 0.5) is 0 Å². The van der Waals surface area contributed by atoms with Gasteiger partial charge in [-0.3, -0.25) is 0 Å². The van der Waals surface area contributed by atoms with Gasteiger partial charge in [-0.1, -0.05) is 119 Å². The summed E-state index contributed by atoms with van der Waals surface area (Å²) in [6, 6.07) is 18.3. The molecule has 38 heavy (non-hydrogen) atoms. The molecule has 0 aliphatic carbocycles. The first-order valence-corrected chi connectivity index (χ1v) is 13.2. The molecule has 0 unspecified atom stereocenters. The predicted octanol–water partition coefficient (Wildman–Crippen LogP) is 9.07. The van der Waals surface area contributed by atoms with E-state index in [0.29, 0.717) is 11.5 Å². The van der Waals surface area contributed by atoms with E-state index in [4.69, 9.17) is 5.11 Å². The second-order valence-corrected chi connectivity index (χ2v) is 14.0. The van der Waals surface area contributed by atoms with E-state index in [1.165, 1.54) is 17.2 Å². The molecule has 0 aromatic heterocycles. The first-order valence-electron chi connectivity index (χ1n) is 13.2. The van der Waals surface area contributed by atoms with Gasteiger partial charge in [0, 0.05) is 5.56 Å². The molecule has 210 valence electrons. The van der Waals surface area contributed by atoms with Gasteiger partial charge in [-0.05, 0) is 62.6 Å². The summed E-state index contributed by atoms with van der Waals surface area (Å²) >= 11 is 0. The first-order chi connectivity index (χ1) is 17.0. The van der Waals surface area contributed by atoms with E-state index in [1.807, 2.05) is 45.0 Å². The van der Waals surface area contributed by atoms with E-state index in [-0.39, 0.29) is 33.2 Å². The van der Waals surface area contributed by atoms with Gasteiger partial charge in [0.1, 0.15) is 11.5 Å². The summed E-state index contributed by atoms with van der Waals surface area (Å²) in [6.45, 7) is 25.3. The lowest BCUT2D eigenvalue weighted by atomic mass is 9.80. The van der Waals surface area contributed by atoms with Crippen LogP contribution in [0.1, 0.15) is 105 Å². The summed E-state index contributed by atoms with van der Waals surface area (Å²) in [4.78, 5) is 0. The van der Waals surface area contributed by atoms with Gasteiger partial charge in [0.2, 0.25) is 0 Å². The molecule has 4 N–H and O–H groups in total. The molecule has 3 rings (SSSR count). The number of hydrogen-bond acceptors (Lipinski definition) is 4. The third-order valence-electron chi connectivity index (χ3n) is 6.23. The largest absolute Gasteiger partial charge is 0.508 e. The SMILES string of the molecule is CC(C)(C)c1ccc(O)c(C(C)(C)C)c1.CC(C)(C)c1ccc(O)cc1.CC(C)(C)c1cccc(O)c1O. The number of aromatic hydroxyl groups is 4. The second kappa shape index (κ2) is 12.1. The molecular formula is C34H50O4. The molecule has 0 amide bonds. The monoisotopic (exact) mass is 522 g/mol. The van der Waals surface area contributed by atoms with Gasteiger partial charge in [-0.25, -0.2) is 0 Å². The van der Waals surface area contributed by atoms with Crippen molar-refractivity contribution in [2.45, 2.75) is 105 Å². The van der Waals surface area contributed by atoms with Gasteiger partial charge in [0.15, 0.2) is 11.5 Å². The maximum absolute atomic E-state index is 9.84. The molecular weight excluding hydrogens is 472 g/mol. The lowest BCUT2D eigenvalue weighted by molar-refractivity contribution is 0.389. The van der Waals surface area contributed by atoms with E-state index in [1.54, 1.807) is 24.3 Å². The Balaban J connectivity index is 0.000000289. The lowest BCUT2D eigenvalue weighted by Crippen LogP contribution is -2.16. The molecule has 3 aromatic carbocycles. The number of phenolic OH excluding ortho intramolecular Hbond substituents is 4. The number of phenols is 4. The van der Waals surface area contributed by atoms with E-state index in [0.717, 1.165) is 11.1 Å². The molecule has 3 aromatic rings. The van der Waals surface area contributed by atoms with Crippen molar-refractivity contribution in [3.63, 3.8) is 0 Å². The van der Waals surface area contributed by atoms with Crippen LogP contribution in [-0.2, 0) is 21.7 Å². The molecule has 0 aliphatic heterocycles. The smallest absolute Gasteiger partial charge is 0.161 e. The number of rotatable bonds is 0. The van der Waals surface area contributed by atoms with E-state index < -0.39 is 0 Å². The minimum Gasteiger partial charge on any atom is -0.508 e. The van der Waals surface area contributed by atoms with Crippen LogP contribution in [0.3, 0.4) is 0 Å². The van der Waals surface area contributed by atoms with Gasteiger partial charge in [-0.2, -0.15) is 0 Å². The quantitative estimate of drug-likeness (QED) is 0.222. The van der Waals surface area contributed by atoms with E-state index in [2.05, 4.69) is 68.4 Å². The average Bonchev–Trinajstić information content (AvgIpc) is 2.74. The minimum atomic E-state index is -0.136. The van der Waals surface area contributed by atoms with Gasteiger partial charge in [-0.15, -0.1) is 0 Å². The van der Waals surface area contributed by atoms with Crippen LogP contribution in [-0.4, -0.2) is 20.4 Å². The number of hydrogen-bond donors (Lipinski definition) is 4. The van der Waals surface area contributed by atoms with E-state index in [9.17, 15) is 15.3 Å². The Labute approximate surface area is 231 Å². The topological polar surface area (TPSA) is 80.9 Å². The Morgan fingerprint density at radius 2 is 0.868 bits per heavy atom. The fourth-order valence-corrected chi connectivity index (χ4v) is 3.70. The van der Waals surface area contributed by atoms with Gasteiger partial charge >= 0.3 is 0 Å². The average molecular weight is 523 g/mol. The molecule has 0 heterocycles. The van der Waals surface area contributed by atoms with Crippen LogP contribution in [0.15, 0.2) is 60.7 Å². The molecule has 0 fully saturated rings. The third kappa shape index (κ3) is 9.96. The molecule has 4 heteroatoms. The van der Waals surface area contributed by atoms with Gasteiger partial charge in [0.25, 0.3) is 0 Å². The predicted molar refractivity (Wildman–Crippen MR) is 161 cm³/mol.